The molecule has 9 heteroatoms. The van der Waals surface area contributed by atoms with Crippen molar-refractivity contribution < 1.29 is 22.9 Å². The van der Waals surface area contributed by atoms with E-state index < -0.39 is 5.82 Å². The molecule has 0 fully saturated rings. The van der Waals surface area contributed by atoms with E-state index in [4.69, 9.17) is 9.47 Å². The number of amides is 1. The molecule has 0 unspecified atom stereocenters. The average molecular weight is 460 g/mol. The van der Waals surface area contributed by atoms with Crippen LogP contribution in [0.1, 0.15) is 18.1 Å². The monoisotopic (exact) mass is 459 g/mol. The number of methoxy groups -OCH3 is 1. The summed E-state index contributed by atoms with van der Waals surface area (Å²) in [5.41, 5.74) is 1.80. The van der Waals surface area contributed by atoms with Gasteiger partial charge in [-0.05, 0) is 48.5 Å². The highest BCUT2D eigenvalue weighted by Gasteiger charge is 2.09. The second kappa shape index (κ2) is 13.4. The number of ether oxygens (including phenoxy) is 2. The second-order valence-electron chi connectivity index (χ2n) is 6.28. The zero-order valence-electron chi connectivity index (χ0n) is 18.9. The zero-order chi connectivity index (χ0) is 24.1. The van der Waals surface area contributed by atoms with Gasteiger partial charge in [0.05, 0.1) is 12.8 Å². The third kappa shape index (κ3) is 8.23. The molecule has 3 N–H and O–H groups in total. The summed E-state index contributed by atoms with van der Waals surface area (Å²) in [5, 5.41) is 8.56. The number of carbonyl (C=O) groups excluding carboxylic acids is 1. The number of carbonyl (C=O) groups is 1. The Labute approximate surface area is 197 Å². The Hall–Kier alpha value is -3.98. The highest BCUT2D eigenvalue weighted by molar-refractivity contribution is 5.99. The number of nitrogens with zero attached hydrogens (tertiary/aromatic N) is 2. The molecule has 180 valence electrons. The molecule has 1 aromatic heterocycles. The van der Waals surface area contributed by atoms with Crippen LogP contribution in [-0.4, -0.2) is 36.2 Å². The summed E-state index contributed by atoms with van der Waals surface area (Å²) in [6.45, 7) is 8.37. The summed E-state index contributed by atoms with van der Waals surface area (Å²) in [4.78, 5) is 19.6. The van der Waals surface area contributed by atoms with Crippen molar-refractivity contribution in [3.8, 4) is 5.75 Å². The summed E-state index contributed by atoms with van der Waals surface area (Å²) in [6, 6.07) is 14.0. The molecule has 1 amide bonds. The van der Waals surface area contributed by atoms with Gasteiger partial charge >= 0.3 is 0 Å². The van der Waals surface area contributed by atoms with Crippen LogP contribution in [0.3, 0.4) is 0 Å². The van der Waals surface area contributed by atoms with Crippen LogP contribution in [0.5, 0.6) is 5.75 Å². The van der Waals surface area contributed by atoms with Gasteiger partial charge in [0, 0.05) is 28.5 Å². The lowest BCUT2D eigenvalue weighted by Gasteiger charge is -2.11. The van der Waals surface area contributed by atoms with E-state index in [1.165, 1.54) is 6.08 Å². The summed E-state index contributed by atoms with van der Waals surface area (Å²) in [5.74, 6) is -0.0503. The van der Waals surface area contributed by atoms with Crippen LogP contribution >= 0.6 is 0 Å². The van der Waals surface area contributed by atoms with Crippen molar-refractivity contribution >= 4 is 34.7 Å². The molecule has 0 radical (unpaired) electrons. The quantitative estimate of drug-likeness (QED) is 0.252. The molecule has 0 saturated carbocycles. The van der Waals surface area contributed by atoms with Gasteiger partial charge in [0.15, 0.2) is 11.6 Å². The predicted octanol–water partition coefficient (Wildman–Crippen LogP) is 6.02. The lowest BCUT2D eigenvalue weighted by Crippen LogP contribution is -2.07. The fraction of sp³-hybridized carbons (Fsp3) is 0.208. The molecule has 0 aliphatic carbocycles. The third-order valence-electron chi connectivity index (χ3n) is 3.99. The van der Waals surface area contributed by atoms with Crippen LogP contribution < -0.4 is 20.7 Å². The van der Waals surface area contributed by atoms with Crippen molar-refractivity contribution in [2.45, 2.75) is 13.8 Å². The minimum atomic E-state index is -0.618. The van der Waals surface area contributed by atoms with Crippen molar-refractivity contribution in [2.24, 2.45) is 0 Å². The fourth-order valence-corrected chi connectivity index (χ4v) is 2.53. The predicted molar refractivity (Wildman–Crippen MR) is 135 cm³/mol. The SMILES string of the molecule is C=CC(=O)Nc1cccc(Nc2nc(Nc3ccc(OCCOC)cc3)ncc2F)c1.CC.[HH].[HH].[HH]. The molecular weight excluding hydrogens is 425 g/mol. The van der Waals surface area contributed by atoms with Gasteiger partial charge in [-0.3, -0.25) is 4.79 Å². The number of rotatable bonds is 10. The topological polar surface area (TPSA) is 97.4 Å². The van der Waals surface area contributed by atoms with Gasteiger partial charge in [-0.2, -0.15) is 4.98 Å². The molecule has 1 heterocycles. The number of hydrogen-bond acceptors (Lipinski definition) is 7. The molecule has 0 aliphatic rings. The van der Waals surface area contributed by atoms with E-state index in [9.17, 15) is 9.18 Å². The Kier molecular flexibility index (Phi) is 10.3. The Morgan fingerprint density at radius 1 is 1.09 bits per heavy atom. The third-order valence-corrected chi connectivity index (χ3v) is 3.99. The minimum absolute atomic E-state index is 0. The number of anilines is 5. The molecule has 0 aliphatic heterocycles. The summed E-state index contributed by atoms with van der Waals surface area (Å²) < 4.78 is 24.7. The van der Waals surface area contributed by atoms with Crippen molar-refractivity contribution in [3.05, 3.63) is 73.2 Å². The first-order valence-electron chi connectivity index (χ1n) is 10.4. The fourth-order valence-electron chi connectivity index (χ4n) is 2.53. The Bertz CT molecular complexity index is 1060. The Morgan fingerprint density at radius 3 is 2.52 bits per heavy atom. The maximum atomic E-state index is 14.2. The highest BCUT2D eigenvalue weighted by atomic mass is 19.1. The normalized spacial score (nSPS) is 9.82. The van der Waals surface area contributed by atoms with Crippen molar-refractivity contribution in [1.29, 1.82) is 0 Å². The number of hydrogen-bond donors (Lipinski definition) is 3. The van der Waals surface area contributed by atoms with Gasteiger partial charge in [-0.1, -0.05) is 26.5 Å². The van der Waals surface area contributed by atoms with Gasteiger partial charge < -0.3 is 25.4 Å². The van der Waals surface area contributed by atoms with Gasteiger partial charge in [0.2, 0.25) is 11.9 Å². The Morgan fingerprint density at radius 2 is 1.82 bits per heavy atom. The van der Waals surface area contributed by atoms with Crippen LogP contribution in [0.25, 0.3) is 0 Å². The smallest absolute Gasteiger partial charge is 0.247 e. The second-order valence-corrected chi connectivity index (χ2v) is 6.28. The number of halogens is 1. The van der Waals surface area contributed by atoms with E-state index >= 15 is 0 Å². The standard InChI is InChI=1S/C22H22FN5O3.C2H6.3H2/c1-3-20(29)25-16-5-4-6-17(13-16)26-21-19(23)14-24-22(28-21)27-15-7-9-18(10-8-15)31-12-11-30-2;1-2;;;/h3-10,13-14H,1,11-12H2,2H3,(H,25,29)(H2,24,26,27,28);1-2H3;3*1H. The summed E-state index contributed by atoms with van der Waals surface area (Å²) in [7, 11) is 1.61. The largest absolute Gasteiger partial charge is 0.491 e. The first-order chi connectivity index (χ1) is 16.1. The van der Waals surface area contributed by atoms with E-state index in [2.05, 4.69) is 32.5 Å². The van der Waals surface area contributed by atoms with Crippen LogP contribution in [0.4, 0.5) is 33.2 Å². The molecule has 8 nitrogen and oxygen atoms in total. The molecular formula is C24H34FN5O3. The molecule has 3 rings (SSSR count). The molecule has 33 heavy (non-hydrogen) atoms. The first kappa shape index (κ1) is 25.3. The number of nitrogens with one attached hydrogen (secondary N) is 3. The number of benzene rings is 2. The van der Waals surface area contributed by atoms with Gasteiger partial charge in [-0.15, -0.1) is 0 Å². The summed E-state index contributed by atoms with van der Waals surface area (Å²) in [6.07, 6.45) is 2.24. The lowest BCUT2D eigenvalue weighted by molar-refractivity contribution is -0.111. The van der Waals surface area contributed by atoms with Crippen LogP contribution in [0, 0.1) is 5.82 Å². The lowest BCUT2D eigenvalue weighted by atomic mass is 10.2. The molecule has 0 atom stereocenters. The van der Waals surface area contributed by atoms with Gasteiger partial charge in [0.1, 0.15) is 12.4 Å². The van der Waals surface area contributed by atoms with E-state index in [-0.39, 0.29) is 22.0 Å². The van der Waals surface area contributed by atoms with Crippen molar-refractivity contribution in [1.82, 2.24) is 9.97 Å². The minimum Gasteiger partial charge on any atom is -0.491 e. The zero-order valence-corrected chi connectivity index (χ0v) is 18.9. The van der Waals surface area contributed by atoms with Gasteiger partial charge in [0.25, 0.3) is 0 Å². The molecule has 0 spiro atoms. The van der Waals surface area contributed by atoms with Gasteiger partial charge in [-0.25, -0.2) is 9.37 Å². The van der Waals surface area contributed by atoms with E-state index in [0.717, 1.165) is 6.20 Å². The Balaban J connectivity index is 0. The summed E-state index contributed by atoms with van der Waals surface area (Å²) >= 11 is 0. The van der Waals surface area contributed by atoms with Crippen LogP contribution in [0.2, 0.25) is 0 Å². The van der Waals surface area contributed by atoms with Crippen LogP contribution in [-0.2, 0) is 9.53 Å². The maximum Gasteiger partial charge on any atom is 0.247 e. The van der Waals surface area contributed by atoms with E-state index in [1.54, 1.807) is 55.6 Å². The van der Waals surface area contributed by atoms with E-state index in [1.807, 2.05) is 13.8 Å². The molecule has 0 bridgehead atoms. The number of aromatic nitrogens is 2. The van der Waals surface area contributed by atoms with Crippen molar-refractivity contribution in [2.75, 3.05) is 36.3 Å². The first-order valence-corrected chi connectivity index (χ1v) is 10.4. The average Bonchev–Trinajstić information content (AvgIpc) is 2.84. The van der Waals surface area contributed by atoms with E-state index in [0.29, 0.717) is 36.0 Å². The molecule has 2 aromatic carbocycles. The molecule has 3 aromatic rings. The highest BCUT2D eigenvalue weighted by Crippen LogP contribution is 2.23. The van der Waals surface area contributed by atoms with Crippen molar-refractivity contribution in [3.63, 3.8) is 0 Å². The maximum absolute atomic E-state index is 14.2. The van der Waals surface area contributed by atoms with Crippen LogP contribution in [0.15, 0.2) is 67.4 Å². The molecule has 0 saturated heterocycles.